The van der Waals surface area contributed by atoms with Gasteiger partial charge in [-0.3, -0.25) is 0 Å². The number of esters is 1. The van der Waals surface area contributed by atoms with Crippen molar-refractivity contribution < 1.29 is 31.7 Å². The van der Waals surface area contributed by atoms with Crippen LogP contribution in [0.1, 0.15) is 6.92 Å². The summed E-state index contributed by atoms with van der Waals surface area (Å²) in [6.07, 6.45) is -2.16. The quantitative estimate of drug-likeness (QED) is 0.359. The van der Waals surface area contributed by atoms with Crippen LogP contribution in [0.15, 0.2) is 24.5 Å². The van der Waals surface area contributed by atoms with Gasteiger partial charge in [-0.05, 0) is 6.92 Å². The van der Waals surface area contributed by atoms with Crippen LogP contribution in [0, 0.1) is 0 Å². The lowest BCUT2D eigenvalue weighted by Gasteiger charge is -2.12. The molecule has 100 valence electrons. The van der Waals surface area contributed by atoms with Crippen molar-refractivity contribution in [3.8, 4) is 6.01 Å². The van der Waals surface area contributed by atoms with Crippen molar-refractivity contribution in [1.82, 2.24) is 4.57 Å². The summed E-state index contributed by atoms with van der Waals surface area (Å²) >= 11 is 0. The van der Waals surface area contributed by atoms with E-state index in [4.69, 9.17) is 0 Å². The van der Waals surface area contributed by atoms with E-state index in [0.717, 1.165) is 10.8 Å². The Balaban J connectivity index is 3.17. The molecule has 1 heterocycles. The summed E-state index contributed by atoms with van der Waals surface area (Å²) in [5.41, 5.74) is -0.0388. The van der Waals surface area contributed by atoms with E-state index in [1.807, 2.05) is 0 Å². The second-order valence-electron chi connectivity index (χ2n) is 3.62. The van der Waals surface area contributed by atoms with Crippen LogP contribution >= 0.6 is 0 Å². The molecule has 0 aliphatic heterocycles. The van der Waals surface area contributed by atoms with Crippen molar-refractivity contribution in [3.63, 3.8) is 0 Å². The molecule has 0 fully saturated rings. The Bertz CT molecular complexity index is 482. The number of ether oxygens (including phenoxy) is 1. The minimum absolute atomic E-state index is 0.0388. The largest absolute Gasteiger partial charge is 0.469 e. The van der Waals surface area contributed by atoms with E-state index in [1.54, 1.807) is 0 Å². The highest BCUT2D eigenvalue weighted by Gasteiger charge is 2.51. The molecule has 0 radical (unpaired) electrons. The average Bonchev–Trinajstić information content (AvgIpc) is 2.60. The molecule has 0 spiro atoms. The number of carbonyl (C=O) groups excluding carboxylic acids is 1. The SMILES string of the molecule is C=C(C)C(=O)Oc1n(C(F)(F)C(F)F)cc[n+]1C. The number of carbonyl (C=O) groups is 1. The standard InChI is InChI=1S/C10H11F4N2O2/c1-6(2)7(17)18-9-15(3)4-5-16(9)10(13,14)8(11)12/h4-5,8H,1H2,2-3H3/q+1. The molecule has 0 aliphatic carbocycles. The summed E-state index contributed by atoms with van der Waals surface area (Å²) in [7, 11) is 1.28. The Morgan fingerprint density at radius 2 is 2.11 bits per heavy atom. The van der Waals surface area contributed by atoms with Gasteiger partial charge in [0.05, 0.1) is 7.05 Å². The molecule has 8 heteroatoms. The smallest absolute Gasteiger partial charge is 0.353 e. The molecule has 1 aromatic heterocycles. The van der Waals surface area contributed by atoms with E-state index in [2.05, 4.69) is 11.3 Å². The third-order valence-electron chi connectivity index (χ3n) is 2.06. The van der Waals surface area contributed by atoms with Crippen molar-refractivity contribution in [2.45, 2.75) is 19.4 Å². The lowest BCUT2D eigenvalue weighted by molar-refractivity contribution is -0.675. The lowest BCUT2D eigenvalue weighted by Crippen LogP contribution is -2.37. The van der Waals surface area contributed by atoms with Gasteiger partial charge in [0, 0.05) is 5.57 Å². The number of hydrogen-bond acceptors (Lipinski definition) is 2. The second-order valence-corrected chi connectivity index (χ2v) is 3.62. The molecule has 0 saturated heterocycles. The molecule has 0 atom stereocenters. The molecular formula is C10H11F4N2O2+. The van der Waals surface area contributed by atoms with Gasteiger partial charge in [0.2, 0.25) is 0 Å². The van der Waals surface area contributed by atoms with Crippen LogP contribution in [0.3, 0.4) is 0 Å². The Kier molecular flexibility index (Phi) is 3.78. The van der Waals surface area contributed by atoms with Gasteiger partial charge < -0.3 is 4.74 Å². The van der Waals surface area contributed by atoms with Crippen LogP contribution < -0.4 is 9.30 Å². The maximum absolute atomic E-state index is 13.2. The number of imidazole rings is 1. The summed E-state index contributed by atoms with van der Waals surface area (Å²) in [5, 5.41) is 0. The maximum Gasteiger partial charge on any atom is 0.469 e. The lowest BCUT2D eigenvalue weighted by atomic mass is 10.4. The van der Waals surface area contributed by atoms with Crippen molar-refractivity contribution in [3.05, 3.63) is 24.5 Å². The molecule has 0 aliphatic rings. The van der Waals surface area contributed by atoms with Gasteiger partial charge in [-0.25, -0.2) is 4.79 Å². The van der Waals surface area contributed by atoms with Crippen molar-refractivity contribution >= 4 is 5.97 Å². The highest BCUT2D eigenvalue weighted by Crippen LogP contribution is 2.31. The maximum atomic E-state index is 13.2. The fourth-order valence-corrected chi connectivity index (χ4v) is 1.09. The van der Waals surface area contributed by atoms with Gasteiger partial charge in [0.15, 0.2) is 0 Å². The molecule has 0 unspecified atom stereocenters. The van der Waals surface area contributed by atoms with Crippen LogP contribution in [0.25, 0.3) is 0 Å². The Morgan fingerprint density at radius 3 is 2.56 bits per heavy atom. The first-order valence-corrected chi connectivity index (χ1v) is 4.79. The Labute approximate surface area is 100 Å². The van der Waals surface area contributed by atoms with Gasteiger partial charge in [0.1, 0.15) is 12.4 Å². The Morgan fingerprint density at radius 1 is 1.56 bits per heavy atom. The highest BCUT2D eigenvalue weighted by atomic mass is 19.3. The number of hydrogen-bond donors (Lipinski definition) is 0. The van der Waals surface area contributed by atoms with Gasteiger partial charge in [0.25, 0.3) is 0 Å². The van der Waals surface area contributed by atoms with Gasteiger partial charge in [-0.15, -0.1) is 4.57 Å². The summed E-state index contributed by atoms with van der Waals surface area (Å²) in [6.45, 7) is 4.57. The molecule has 1 aromatic rings. The van der Waals surface area contributed by atoms with Crippen LogP contribution in [-0.4, -0.2) is 17.0 Å². The summed E-state index contributed by atoms with van der Waals surface area (Å²) < 4.78 is 56.3. The summed E-state index contributed by atoms with van der Waals surface area (Å²) in [6, 6.07) is -5.17. The molecule has 18 heavy (non-hydrogen) atoms. The summed E-state index contributed by atoms with van der Waals surface area (Å²) in [5.74, 6) is -0.976. The predicted octanol–water partition coefficient (Wildman–Crippen LogP) is 1.61. The van der Waals surface area contributed by atoms with Crippen LogP contribution in [0.4, 0.5) is 17.6 Å². The second kappa shape index (κ2) is 4.79. The van der Waals surface area contributed by atoms with Gasteiger partial charge >= 0.3 is 24.5 Å². The van der Waals surface area contributed by atoms with Crippen LogP contribution in [0.2, 0.25) is 0 Å². The third-order valence-corrected chi connectivity index (χ3v) is 2.06. The normalized spacial score (nSPS) is 11.7. The number of aromatic nitrogens is 2. The molecule has 0 amide bonds. The van der Waals surface area contributed by atoms with Crippen LogP contribution in [-0.2, 0) is 17.9 Å². The number of nitrogens with zero attached hydrogens (tertiary/aromatic N) is 2. The molecule has 4 nitrogen and oxygen atoms in total. The van der Waals surface area contributed by atoms with Crippen LogP contribution in [0.5, 0.6) is 6.01 Å². The molecule has 0 N–H and O–H groups in total. The van der Waals surface area contributed by atoms with E-state index < -0.39 is 24.5 Å². The van der Waals surface area contributed by atoms with E-state index in [1.165, 1.54) is 14.0 Å². The van der Waals surface area contributed by atoms with Crippen molar-refractivity contribution in [1.29, 1.82) is 0 Å². The zero-order valence-electron chi connectivity index (χ0n) is 9.66. The average molecular weight is 267 g/mol. The molecule has 0 saturated carbocycles. The van der Waals surface area contributed by atoms with Crippen molar-refractivity contribution in [2.24, 2.45) is 7.05 Å². The minimum Gasteiger partial charge on any atom is -0.353 e. The van der Waals surface area contributed by atoms with Crippen molar-refractivity contribution in [2.75, 3.05) is 0 Å². The van der Waals surface area contributed by atoms with E-state index in [9.17, 15) is 22.4 Å². The fourth-order valence-electron chi connectivity index (χ4n) is 1.09. The topological polar surface area (TPSA) is 35.1 Å². The minimum atomic E-state index is -4.47. The monoisotopic (exact) mass is 267 g/mol. The zero-order valence-corrected chi connectivity index (χ0v) is 9.66. The number of alkyl halides is 4. The summed E-state index contributed by atoms with van der Waals surface area (Å²) in [4.78, 5) is 11.2. The van der Waals surface area contributed by atoms with Gasteiger partial charge in [-0.2, -0.15) is 22.1 Å². The molecule has 0 bridgehead atoms. The first-order valence-electron chi connectivity index (χ1n) is 4.79. The van der Waals surface area contributed by atoms with E-state index in [-0.39, 0.29) is 10.1 Å². The van der Waals surface area contributed by atoms with E-state index in [0.29, 0.717) is 6.20 Å². The number of rotatable bonds is 4. The van der Waals surface area contributed by atoms with E-state index >= 15 is 0 Å². The molecular weight excluding hydrogens is 256 g/mol. The molecule has 1 rings (SSSR count). The number of halogens is 4. The first kappa shape index (κ1) is 14.2. The molecule has 0 aromatic carbocycles. The predicted molar refractivity (Wildman–Crippen MR) is 52.3 cm³/mol. The number of aryl methyl sites for hydroxylation is 1. The first-order chi connectivity index (χ1) is 8.17. The highest BCUT2D eigenvalue weighted by molar-refractivity contribution is 5.88. The zero-order chi connectivity index (χ0) is 14.1. The fraction of sp³-hybridized carbons (Fsp3) is 0.400. The Hall–Kier alpha value is -1.86. The third kappa shape index (κ3) is 2.52. The van der Waals surface area contributed by atoms with Gasteiger partial charge in [-0.1, -0.05) is 6.58 Å².